The highest BCUT2D eigenvalue weighted by atomic mass is 16.5. The summed E-state index contributed by atoms with van der Waals surface area (Å²) in [4.78, 5) is 28.9. The summed E-state index contributed by atoms with van der Waals surface area (Å²) in [7, 11) is 0. The van der Waals surface area contributed by atoms with E-state index >= 15 is 0 Å². The molecule has 3 aromatic heterocycles. The van der Waals surface area contributed by atoms with Gasteiger partial charge in [-0.05, 0) is 62.8 Å². The molecule has 0 unspecified atom stereocenters. The van der Waals surface area contributed by atoms with Crippen LogP contribution in [0.2, 0.25) is 0 Å². The largest absolute Gasteiger partial charge is 0.462 e. The fourth-order valence-corrected chi connectivity index (χ4v) is 5.19. The van der Waals surface area contributed by atoms with Crippen LogP contribution in [0.1, 0.15) is 43.0 Å². The van der Waals surface area contributed by atoms with Crippen LogP contribution in [0.5, 0.6) is 0 Å². The molecular weight excluding hydrogens is 456 g/mol. The van der Waals surface area contributed by atoms with Gasteiger partial charge in [0.2, 0.25) is 0 Å². The van der Waals surface area contributed by atoms with Crippen molar-refractivity contribution in [2.45, 2.75) is 38.6 Å². The monoisotopic (exact) mass is 490 g/mol. The SMILES string of the molecule is CCOC(=O)c1cnc2ccc(-c3ccnc(N)c3)nc2c1NC1CCC(CN2CCOCC2)CC1. The minimum Gasteiger partial charge on any atom is -0.462 e. The van der Waals surface area contributed by atoms with Crippen LogP contribution < -0.4 is 11.1 Å². The zero-order chi connectivity index (χ0) is 24.9. The van der Waals surface area contributed by atoms with E-state index in [-0.39, 0.29) is 6.04 Å². The van der Waals surface area contributed by atoms with Gasteiger partial charge in [-0.3, -0.25) is 9.88 Å². The molecule has 9 nitrogen and oxygen atoms in total. The molecule has 0 aromatic carbocycles. The Morgan fingerprint density at radius 2 is 1.97 bits per heavy atom. The molecule has 1 aliphatic heterocycles. The number of hydrogen-bond donors (Lipinski definition) is 2. The van der Waals surface area contributed by atoms with E-state index in [1.807, 2.05) is 18.2 Å². The van der Waals surface area contributed by atoms with Crippen molar-refractivity contribution >= 4 is 28.5 Å². The molecule has 3 aromatic rings. The summed E-state index contributed by atoms with van der Waals surface area (Å²) in [5.74, 6) is 0.734. The number of rotatable bonds is 7. The summed E-state index contributed by atoms with van der Waals surface area (Å²) in [5.41, 5.74) is 9.99. The minimum absolute atomic E-state index is 0.256. The van der Waals surface area contributed by atoms with Crippen LogP contribution in [0.15, 0.2) is 36.7 Å². The van der Waals surface area contributed by atoms with Gasteiger partial charge in [-0.1, -0.05) is 0 Å². The predicted molar refractivity (Wildman–Crippen MR) is 140 cm³/mol. The fraction of sp³-hybridized carbons (Fsp3) is 0.481. The van der Waals surface area contributed by atoms with Crippen molar-refractivity contribution in [2.75, 3.05) is 50.5 Å². The Morgan fingerprint density at radius 3 is 2.72 bits per heavy atom. The Morgan fingerprint density at radius 1 is 1.17 bits per heavy atom. The van der Waals surface area contributed by atoms with Crippen molar-refractivity contribution in [3.63, 3.8) is 0 Å². The van der Waals surface area contributed by atoms with Crippen LogP contribution in [0, 0.1) is 5.92 Å². The molecule has 0 radical (unpaired) electrons. The second-order valence-corrected chi connectivity index (χ2v) is 9.58. The number of nitrogens with one attached hydrogen (secondary N) is 1. The van der Waals surface area contributed by atoms with Gasteiger partial charge in [-0.15, -0.1) is 0 Å². The molecule has 1 saturated carbocycles. The van der Waals surface area contributed by atoms with Crippen LogP contribution in [0.4, 0.5) is 11.5 Å². The molecule has 1 aliphatic carbocycles. The highest BCUT2D eigenvalue weighted by Crippen LogP contribution is 2.33. The maximum absolute atomic E-state index is 12.9. The maximum Gasteiger partial charge on any atom is 0.341 e. The van der Waals surface area contributed by atoms with Crippen LogP contribution in [-0.4, -0.2) is 71.3 Å². The molecule has 2 fully saturated rings. The molecular formula is C27H34N6O3. The standard InChI is InChI=1S/C27H34N6O3/c1-2-36-27(34)21-16-30-23-8-7-22(19-9-10-29-24(28)15-19)32-26(23)25(21)31-20-5-3-18(4-6-20)17-33-11-13-35-14-12-33/h7-10,15-16,18,20H,2-6,11-14,17H2,1H3,(H2,28,29)(H,30,31). The average molecular weight is 491 g/mol. The van der Waals surface area contributed by atoms with Crippen molar-refractivity contribution in [2.24, 2.45) is 5.92 Å². The normalized spacial score (nSPS) is 20.8. The third kappa shape index (κ3) is 5.57. The van der Waals surface area contributed by atoms with Crippen molar-refractivity contribution in [1.82, 2.24) is 19.9 Å². The summed E-state index contributed by atoms with van der Waals surface area (Å²) < 4.78 is 10.8. The number of anilines is 2. The van der Waals surface area contributed by atoms with E-state index in [9.17, 15) is 4.79 Å². The van der Waals surface area contributed by atoms with Gasteiger partial charge < -0.3 is 20.5 Å². The summed E-state index contributed by atoms with van der Waals surface area (Å²) >= 11 is 0. The Kier molecular flexibility index (Phi) is 7.58. The number of morpholine rings is 1. The summed E-state index contributed by atoms with van der Waals surface area (Å²) in [6.07, 6.45) is 7.66. The van der Waals surface area contributed by atoms with Crippen LogP contribution in [0.3, 0.4) is 0 Å². The fourth-order valence-electron chi connectivity index (χ4n) is 5.19. The number of nitrogens with zero attached hydrogens (tertiary/aromatic N) is 4. The van der Waals surface area contributed by atoms with Crippen LogP contribution in [0.25, 0.3) is 22.3 Å². The van der Waals surface area contributed by atoms with Gasteiger partial charge in [0.25, 0.3) is 0 Å². The molecule has 190 valence electrons. The minimum atomic E-state index is -0.393. The first-order chi connectivity index (χ1) is 17.6. The lowest BCUT2D eigenvalue weighted by Crippen LogP contribution is -2.40. The second-order valence-electron chi connectivity index (χ2n) is 9.58. The van der Waals surface area contributed by atoms with E-state index in [1.54, 1.807) is 25.4 Å². The third-order valence-electron chi connectivity index (χ3n) is 7.10. The van der Waals surface area contributed by atoms with Gasteiger partial charge in [-0.2, -0.15) is 0 Å². The first-order valence-corrected chi connectivity index (χ1v) is 12.9. The van der Waals surface area contributed by atoms with E-state index in [1.165, 1.54) is 0 Å². The number of pyridine rings is 3. The molecule has 9 heteroatoms. The second kappa shape index (κ2) is 11.2. The van der Waals surface area contributed by atoms with E-state index < -0.39 is 5.97 Å². The number of nitrogens with two attached hydrogens (primary N) is 1. The third-order valence-corrected chi connectivity index (χ3v) is 7.10. The molecule has 0 atom stereocenters. The summed E-state index contributed by atoms with van der Waals surface area (Å²) in [5, 5.41) is 3.67. The topological polar surface area (TPSA) is 115 Å². The van der Waals surface area contributed by atoms with Gasteiger partial charge in [0.15, 0.2) is 0 Å². The predicted octanol–water partition coefficient (Wildman–Crippen LogP) is 3.75. The number of esters is 1. The molecule has 5 rings (SSSR count). The van der Waals surface area contributed by atoms with E-state index in [0.717, 1.165) is 75.3 Å². The summed E-state index contributed by atoms with van der Waals surface area (Å²) in [6, 6.07) is 7.75. The zero-order valence-electron chi connectivity index (χ0n) is 20.8. The van der Waals surface area contributed by atoms with Crippen molar-refractivity contribution in [3.05, 3.63) is 42.2 Å². The first kappa shape index (κ1) is 24.4. The number of aromatic nitrogens is 3. The van der Waals surface area contributed by atoms with Gasteiger partial charge >= 0.3 is 5.97 Å². The highest BCUT2D eigenvalue weighted by Gasteiger charge is 2.26. The van der Waals surface area contributed by atoms with E-state index in [0.29, 0.717) is 35.1 Å². The molecule has 3 N–H and O–H groups in total. The Balaban J connectivity index is 1.40. The number of carbonyl (C=O) groups excluding carboxylic acids is 1. The van der Waals surface area contributed by atoms with Gasteiger partial charge in [0.05, 0.1) is 36.7 Å². The lowest BCUT2D eigenvalue weighted by atomic mass is 9.85. The number of fused-ring (bicyclic) bond motifs is 1. The molecule has 1 saturated heterocycles. The Hall–Kier alpha value is -3.30. The number of ether oxygens (including phenoxy) is 2. The zero-order valence-corrected chi connectivity index (χ0v) is 20.8. The van der Waals surface area contributed by atoms with E-state index in [2.05, 4.69) is 20.2 Å². The Bertz CT molecular complexity index is 1210. The number of hydrogen-bond acceptors (Lipinski definition) is 9. The van der Waals surface area contributed by atoms with Crippen LogP contribution >= 0.6 is 0 Å². The molecule has 0 spiro atoms. The first-order valence-electron chi connectivity index (χ1n) is 12.9. The van der Waals surface area contributed by atoms with Crippen molar-refractivity contribution in [1.29, 1.82) is 0 Å². The summed E-state index contributed by atoms with van der Waals surface area (Å²) in [6.45, 7) is 6.98. The average Bonchev–Trinajstić information content (AvgIpc) is 2.90. The molecule has 4 heterocycles. The smallest absolute Gasteiger partial charge is 0.341 e. The van der Waals surface area contributed by atoms with Gasteiger partial charge in [0.1, 0.15) is 16.9 Å². The lowest BCUT2D eigenvalue weighted by Gasteiger charge is -2.35. The lowest BCUT2D eigenvalue weighted by molar-refractivity contribution is 0.0276. The number of nitrogen functional groups attached to an aromatic ring is 1. The molecule has 0 bridgehead atoms. The Labute approximate surface area is 211 Å². The van der Waals surface area contributed by atoms with Gasteiger partial charge in [0, 0.05) is 43.6 Å². The van der Waals surface area contributed by atoms with E-state index in [4.69, 9.17) is 20.2 Å². The number of carbonyl (C=O) groups is 1. The maximum atomic E-state index is 12.9. The van der Waals surface area contributed by atoms with Crippen molar-refractivity contribution in [3.8, 4) is 11.3 Å². The van der Waals surface area contributed by atoms with Crippen LogP contribution in [-0.2, 0) is 9.47 Å². The highest BCUT2D eigenvalue weighted by molar-refractivity contribution is 6.04. The van der Waals surface area contributed by atoms with Gasteiger partial charge in [-0.25, -0.2) is 14.8 Å². The molecule has 36 heavy (non-hydrogen) atoms. The van der Waals surface area contributed by atoms with Crippen molar-refractivity contribution < 1.29 is 14.3 Å². The molecule has 2 aliphatic rings. The molecule has 0 amide bonds. The quantitative estimate of drug-likeness (QED) is 0.478.